The van der Waals surface area contributed by atoms with Crippen LogP contribution in [0, 0.1) is 5.92 Å². The summed E-state index contributed by atoms with van der Waals surface area (Å²) >= 11 is 0. The van der Waals surface area contributed by atoms with E-state index in [9.17, 15) is 31.2 Å². The lowest BCUT2D eigenvalue weighted by Crippen LogP contribution is -2.40. The molecule has 2 heterocycles. The molecule has 3 rings (SSSR count). The maximum Gasteiger partial charge on any atom is 0.416 e. The Labute approximate surface area is 189 Å². The number of carbonyl (C=O) groups is 2. The lowest BCUT2D eigenvalue weighted by atomic mass is 9.98. The molecule has 0 saturated carbocycles. The van der Waals surface area contributed by atoms with E-state index in [0.29, 0.717) is 32.0 Å². The molecule has 2 aliphatic heterocycles. The second kappa shape index (κ2) is 10.3. The number of alkyl halides is 3. The van der Waals surface area contributed by atoms with E-state index in [0.717, 1.165) is 18.4 Å². The van der Waals surface area contributed by atoms with Crippen LogP contribution in [0.15, 0.2) is 18.2 Å². The van der Waals surface area contributed by atoms with Gasteiger partial charge in [0.25, 0.3) is 5.91 Å². The quantitative estimate of drug-likeness (QED) is 0.602. The van der Waals surface area contributed by atoms with Crippen molar-refractivity contribution in [2.45, 2.75) is 19.0 Å². The average Bonchev–Trinajstić information content (AvgIpc) is 2.77. The van der Waals surface area contributed by atoms with Crippen molar-refractivity contribution in [2.24, 2.45) is 5.92 Å². The van der Waals surface area contributed by atoms with Gasteiger partial charge >= 0.3 is 12.1 Å². The van der Waals surface area contributed by atoms with Crippen LogP contribution in [0.25, 0.3) is 0 Å². The van der Waals surface area contributed by atoms with Crippen molar-refractivity contribution in [2.75, 3.05) is 62.5 Å². The number of esters is 1. The molecule has 0 unspecified atom stereocenters. The monoisotopic (exact) mass is 493 g/mol. The molecule has 0 aliphatic carbocycles. The number of nitrogens with zero attached hydrogens (tertiary/aromatic N) is 2. The Hall–Kier alpha value is -2.38. The fourth-order valence-electron chi connectivity index (χ4n) is 3.76. The normalized spacial score (nSPS) is 18.7. The highest BCUT2D eigenvalue weighted by Gasteiger charge is 2.32. The molecular formula is C20H26F3N3O6S. The lowest BCUT2D eigenvalue weighted by Gasteiger charge is -2.31. The van der Waals surface area contributed by atoms with Crippen molar-refractivity contribution in [1.82, 2.24) is 4.31 Å². The summed E-state index contributed by atoms with van der Waals surface area (Å²) in [6, 6.07) is 3.10. The average molecular weight is 494 g/mol. The zero-order valence-electron chi connectivity index (χ0n) is 18.1. The number of halogens is 3. The number of nitrogens with one attached hydrogen (secondary N) is 1. The molecule has 0 radical (unpaired) electrons. The number of amides is 1. The van der Waals surface area contributed by atoms with E-state index in [4.69, 9.17) is 9.47 Å². The zero-order valence-corrected chi connectivity index (χ0v) is 18.9. The Morgan fingerprint density at radius 2 is 1.79 bits per heavy atom. The van der Waals surface area contributed by atoms with Crippen molar-refractivity contribution in [1.29, 1.82) is 0 Å². The standard InChI is InChI=1S/C20H26F3N3O6S/c1-33(29,30)26-6-4-14(5-7-26)19(28)32-13-18(27)24-16-12-15(20(21,22)23)2-3-17(16)25-8-10-31-11-9-25/h2-3,12,14H,4-11,13H2,1H3,(H,24,27). The molecule has 0 bridgehead atoms. The summed E-state index contributed by atoms with van der Waals surface area (Å²) in [5.41, 5.74) is -0.530. The summed E-state index contributed by atoms with van der Waals surface area (Å²) in [6.07, 6.45) is -2.96. The third-order valence-corrected chi connectivity index (χ3v) is 6.85. The first-order chi connectivity index (χ1) is 15.4. The van der Waals surface area contributed by atoms with Crippen LogP contribution in [-0.4, -0.2) is 76.9 Å². The summed E-state index contributed by atoms with van der Waals surface area (Å²) < 4.78 is 74.2. The van der Waals surface area contributed by atoms with Crippen molar-refractivity contribution in [3.63, 3.8) is 0 Å². The molecule has 1 aromatic carbocycles. The summed E-state index contributed by atoms with van der Waals surface area (Å²) in [5, 5.41) is 2.42. The summed E-state index contributed by atoms with van der Waals surface area (Å²) in [6.45, 7) is 1.42. The Morgan fingerprint density at radius 3 is 2.36 bits per heavy atom. The third-order valence-electron chi connectivity index (χ3n) is 5.55. The Kier molecular flexibility index (Phi) is 7.85. The predicted octanol–water partition coefficient (Wildman–Crippen LogP) is 1.70. The first-order valence-electron chi connectivity index (χ1n) is 10.4. The number of anilines is 2. The minimum Gasteiger partial charge on any atom is -0.455 e. The number of benzene rings is 1. The number of hydrogen-bond acceptors (Lipinski definition) is 7. The smallest absolute Gasteiger partial charge is 0.416 e. The van der Waals surface area contributed by atoms with E-state index in [2.05, 4.69) is 5.32 Å². The summed E-state index contributed by atoms with van der Waals surface area (Å²) in [4.78, 5) is 26.5. The third kappa shape index (κ3) is 6.81. The zero-order chi connectivity index (χ0) is 24.2. The first kappa shape index (κ1) is 25.2. The molecule has 0 aromatic heterocycles. The summed E-state index contributed by atoms with van der Waals surface area (Å²) in [7, 11) is -3.34. The van der Waals surface area contributed by atoms with Crippen molar-refractivity contribution in [3.05, 3.63) is 23.8 Å². The fourth-order valence-corrected chi connectivity index (χ4v) is 4.63. The minimum absolute atomic E-state index is 0.0331. The van der Waals surface area contributed by atoms with Gasteiger partial charge in [-0.2, -0.15) is 13.2 Å². The van der Waals surface area contributed by atoms with Gasteiger partial charge in [0.2, 0.25) is 10.0 Å². The van der Waals surface area contributed by atoms with E-state index in [1.165, 1.54) is 10.4 Å². The highest BCUT2D eigenvalue weighted by atomic mass is 32.2. The number of carbonyl (C=O) groups excluding carboxylic acids is 2. The number of ether oxygens (including phenoxy) is 2. The van der Waals surface area contributed by atoms with Crippen LogP contribution in [-0.2, 0) is 35.3 Å². The van der Waals surface area contributed by atoms with Gasteiger partial charge in [-0.05, 0) is 31.0 Å². The molecule has 13 heteroatoms. The van der Waals surface area contributed by atoms with E-state index >= 15 is 0 Å². The first-order valence-corrected chi connectivity index (χ1v) is 12.3. The Balaban J connectivity index is 1.61. The van der Waals surface area contributed by atoms with Crippen LogP contribution in [0.3, 0.4) is 0 Å². The second-order valence-electron chi connectivity index (χ2n) is 7.92. The molecule has 2 saturated heterocycles. The molecule has 9 nitrogen and oxygen atoms in total. The van der Waals surface area contributed by atoms with Crippen molar-refractivity contribution in [3.8, 4) is 0 Å². The maximum atomic E-state index is 13.2. The van der Waals surface area contributed by atoms with E-state index < -0.39 is 46.2 Å². The number of hydrogen-bond donors (Lipinski definition) is 1. The van der Waals surface area contributed by atoms with Gasteiger partial charge in [-0.1, -0.05) is 0 Å². The highest BCUT2D eigenvalue weighted by molar-refractivity contribution is 7.88. The van der Waals surface area contributed by atoms with Gasteiger partial charge in [0.05, 0.1) is 42.3 Å². The van der Waals surface area contributed by atoms with Crippen LogP contribution in [0.5, 0.6) is 0 Å². The SMILES string of the molecule is CS(=O)(=O)N1CCC(C(=O)OCC(=O)Nc2cc(C(F)(F)F)ccc2N2CCOCC2)CC1. The van der Waals surface area contributed by atoms with Crippen LogP contribution >= 0.6 is 0 Å². The van der Waals surface area contributed by atoms with E-state index in [1.54, 1.807) is 4.90 Å². The fraction of sp³-hybridized carbons (Fsp3) is 0.600. The van der Waals surface area contributed by atoms with Crippen LogP contribution in [0.1, 0.15) is 18.4 Å². The predicted molar refractivity (Wildman–Crippen MR) is 113 cm³/mol. The van der Waals surface area contributed by atoms with Crippen LogP contribution in [0.2, 0.25) is 0 Å². The second-order valence-corrected chi connectivity index (χ2v) is 9.90. The molecule has 2 fully saturated rings. The molecule has 2 aliphatic rings. The van der Waals surface area contributed by atoms with Gasteiger partial charge in [0.15, 0.2) is 6.61 Å². The molecule has 1 amide bonds. The van der Waals surface area contributed by atoms with E-state index in [-0.39, 0.29) is 31.6 Å². The number of sulfonamides is 1. The van der Waals surface area contributed by atoms with Gasteiger partial charge in [-0.15, -0.1) is 0 Å². The van der Waals surface area contributed by atoms with Gasteiger partial charge in [-0.25, -0.2) is 12.7 Å². The molecule has 33 heavy (non-hydrogen) atoms. The maximum absolute atomic E-state index is 13.2. The Bertz CT molecular complexity index is 972. The Morgan fingerprint density at radius 1 is 1.15 bits per heavy atom. The van der Waals surface area contributed by atoms with E-state index in [1.807, 2.05) is 0 Å². The minimum atomic E-state index is -4.59. The molecule has 0 spiro atoms. The van der Waals surface area contributed by atoms with Gasteiger partial charge in [-0.3, -0.25) is 9.59 Å². The highest BCUT2D eigenvalue weighted by Crippen LogP contribution is 2.35. The van der Waals surface area contributed by atoms with Crippen molar-refractivity contribution < 1.29 is 40.7 Å². The van der Waals surface area contributed by atoms with Crippen LogP contribution in [0.4, 0.5) is 24.5 Å². The van der Waals surface area contributed by atoms with Gasteiger partial charge in [0, 0.05) is 26.2 Å². The number of morpholine rings is 1. The topological polar surface area (TPSA) is 105 Å². The number of rotatable bonds is 6. The summed E-state index contributed by atoms with van der Waals surface area (Å²) in [5.74, 6) is -1.96. The van der Waals surface area contributed by atoms with Gasteiger partial charge < -0.3 is 19.7 Å². The molecule has 0 atom stereocenters. The number of piperidine rings is 1. The molecule has 1 aromatic rings. The van der Waals surface area contributed by atoms with Gasteiger partial charge in [0.1, 0.15) is 0 Å². The largest absolute Gasteiger partial charge is 0.455 e. The van der Waals surface area contributed by atoms with Crippen LogP contribution < -0.4 is 10.2 Å². The molecule has 184 valence electrons. The molecular weight excluding hydrogens is 467 g/mol. The lowest BCUT2D eigenvalue weighted by molar-refractivity contribution is -0.152. The van der Waals surface area contributed by atoms with Crippen molar-refractivity contribution >= 4 is 33.3 Å². The molecule has 1 N–H and O–H groups in total.